The molecule has 1 aliphatic heterocycles. The lowest BCUT2D eigenvalue weighted by molar-refractivity contribution is -0.133. The Morgan fingerprint density at radius 1 is 0.906 bits per heavy atom. The summed E-state index contributed by atoms with van der Waals surface area (Å²) in [4.78, 5) is 16.6. The Kier molecular flexibility index (Phi) is 6.84. The van der Waals surface area contributed by atoms with Crippen LogP contribution >= 0.6 is 0 Å². The maximum absolute atomic E-state index is 12.6. The van der Waals surface area contributed by atoms with Gasteiger partial charge in [0.15, 0.2) is 12.4 Å². The summed E-state index contributed by atoms with van der Waals surface area (Å²) in [5, 5.41) is 8.81. The highest BCUT2D eigenvalue weighted by atomic mass is 16.5. The molecule has 2 heterocycles. The van der Waals surface area contributed by atoms with Crippen molar-refractivity contribution in [3.8, 4) is 22.8 Å². The summed E-state index contributed by atoms with van der Waals surface area (Å²) in [6.45, 7) is 4.82. The van der Waals surface area contributed by atoms with Gasteiger partial charge in [-0.25, -0.2) is 0 Å². The van der Waals surface area contributed by atoms with Crippen molar-refractivity contribution in [2.45, 2.75) is 13.3 Å². The molecule has 4 rings (SSSR count). The molecule has 0 saturated carbocycles. The minimum atomic E-state index is 0.00756. The zero-order valence-electron chi connectivity index (χ0n) is 18.5. The summed E-state index contributed by atoms with van der Waals surface area (Å²) >= 11 is 0. The van der Waals surface area contributed by atoms with E-state index in [4.69, 9.17) is 9.47 Å². The Hall–Kier alpha value is -3.61. The number of rotatable bonds is 7. The molecule has 0 aliphatic carbocycles. The normalized spacial score (nSPS) is 13.7. The molecule has 0 radical (unpaired) electrons. The van der Waals surface area contributed by atoms with Crippen molar-refractivity contribution < 1.29 is 14.3 Å². The van der Waals surface area contributed by atoms with Gasteiger partial charge in [-0.3, -0.25) is 4.79 Å². The number of nitrogens with zero attached hydrogens (tertiary/aromatic N) is 4. The van der Waals surface area contributed by atoms with Crippen molar-refractivity contribution in [1.82, 2.24) is 15.1 Å². The van der Waals surface area contributed by atoms with Crippen molar-refractivity contribution >= 4 is 11.7 Å². The number of methoxy groups -OCH3 is 1. The molecule has 0 spiro atoms. The van der Waals surface area contributed by atoms with Crippen LogP contribution in [0.2, 0.25) is 0 Å². The molecule has 1 aromatic heterocycles. The number of amides is 1. The minimum absolute atomic E-state index is 0.00756. The number of carbonyl (C=O) groups is 1. The number of piperazine rings is 1. The lowest BCUT2D eigenvalue weighted by atomic mass is 10.1. The smallest absolute Gasteiger partial charge is 0.260 e. The van der Waals surface area contributed by atoms with Crippen LogP contribution in [0.4, 0.5) is 5.82 Å². The molecule has 0 bridgehead atoms. The van der Waals surface area contributed by atoms with Gasteiger partial charge in [0.05, 0.1) is 12.8 Å². The number of anilines is 1. The first kappa shape index (κ1) is 21.6. The highest BCUT2D eigenvalue weighted by Gasteiger charge is 2.23. The Bertz CT molecular complexity index is 1050. The standard InChI is InChI=1S/C25H28N4O3/c1-3-19-8-4-6-10-22(19)32-18-25(30)29-16-14-28(15-17-29)24-13-12-21(26-27-24)20-9-5-7-11-23(20)31-2/h4-13H,3,14-18H2,1-2H3. The molecule has 3 aromatic rings. The topological polar surface area (TPSA) is 67.8 Å². The van der Waals surface area contributed by atoms with Gasteiger partial charge < -0.3 is 19.3 Å². The first-order valence-electron chi connectivity index (χ1n) is 10.9. The molecule has 1 saturated heterocycles. The number of ether oxygens (including phenoxy) is 2. The third kappa shape index (κ3) is 4.82. The molecule has 2 aromatic carbocycles. The van der Waals surface area contributed by atoms with Gasteiger partial charge in [-0.05, 0) is 42.3 Å². The molecule has 0 atom stereocenters. The van der Waals surface area contributed by atoms with E-state index in [1.54, 1.807) is 7.11 Å². The van der Waals surface area contributed by atoms with E-state index in [0.717, 1.165) is 40.6 Å². The van der Waals surface area contributed by atoms with Crippen LogP contribution in [0, 0.1) is 0 Å². The highest BCUT2D eigenvalue weighted by Crippen LogP contribution is 2.28. The van der Waals surface area contributed by atoms with Crippen molar-refractivity contribution in [3.63, 3.8) is 0 Å². The average Bonchev–Trinajstić information content (AvgIpc) is 2.87. The Morgan fingerprint density at radius 2 is 1.62 bits per heavy atom. The van der Waals surface area contributed by atoms with E-state index in [1.807, 2.05) is 65.6 Å². The lowest BCUT2D eigenvalue weighted by Crippen LogP contribution is -2.50. The van der Waals surface area contributed by atoms with Crippen LogP contribution in [0.15, 0.2) is 60.7 Å². The molecular formula is C25H28N4O3. The predicted octanol–water partition coefficient (Wildman–Crippen LogP) is 3.44. The maximum Gasteiger partial charge on any atom is 0.260 e. The fourth-order valence-electron chi connectivity index (χ4n) is 3.85. The van der Waals surface area contributed by atoms with Crippen molar-refractivity contribution in [1.29, 1.82) is 0 Å². The molecule has 1 amide bonds. The Morgan fingerprint density at radius 3 is 2.31 bits per heavy atom. The van der Waals surface area contributed by atoms with Gasteiger partial charge in [0, 0.05) is 31.7 Å². The molecule has 1 fully saturated rings. The molecule has 166 valence electrons. The number of aryl methyl sites for hydroxylation is 1. The van der Waals surface area contributed by atoms with Gasteiger partial charge in [-0.1, -0.05) is 37.3 Å². The van der Waals surface area contributed by atoms with Gasteiger partial charge in [-0.2, -0.15) is 0 Å². The number of benzene rings is 2. The van der Waals surface area contributed by atoms with Crippen LogP contribution in [0.3, 0.4) is 0 Å². The highest BCUT2D eigenvalue weighted by molar-refractivity contribution is 5.78. The van der Waals surface area contributed by atoms with E-state index in [-0.39, 0.29) is 12.5 Å². The second-order valence-corrected chi connectivity index (χ2v) is 7.59. The maximum atomic E-state index is 12.6. The third-order valence-corrected chi connectivity index (χ3v) is 5.69. The molecule has 7 heteroatoms. The van der Waals surface area contributed by atoms with E-state index >= 15 is 0 Å². The SMILES string of the molecule is CCc1ccccc1OCC(=O)N1CCN(c2ccc(-c3ccccc3OC)nn2)CC1. The predicted molar refractivity (Wildman–Crippen MR) is 124 cm³/mol. The summed E-state index contributed by atoms with van der Waals surface area (Å²) in [7, 11) is 1.65. The first-order valence-corrected chi connectivity index (χ1v) is 10.9. The van der Waals surface area contributed by atoms with E-state index in [0.29, 0.717) is 26.2 Å². The first-order chi connectivity index (χ1) is 15.7. The average molecular weight is 433 g/mol. The van der Waals surface area contributed by atoms with E-state index in [9.17, 15) is 4.79 Å². The minimum Gasteiger partial charge on any atom is -0.496 e. The number of para-hydroxylation sites is 2. The Labute approximate surface area is 188 Å². The van der Waals surface area contributed by atoms with Crippen molar-refractivity contribution in [2.75, 3.05) is 44.8 Å². The van der Waals surface area contributed by atoms with E-state index in [2.05, 4.69) is 22.0 Å². The van der Waals surface area contributed by atoms with Crippen molar-refractivity contribution in [2.24, 2.45) is 0 Å². The van der Waals surface area contributed by atoms with Crippen LogP contribution < -0.4 is 14.4 Å². The van der Waals surface area contributed by atoms with E-state index < -0.39 is 0 Å². The monoisotopic (exact) mass is 432 g/mol. The number of carbonyl (C=O) groups excluding carboxylic acids is 1. The second-order valence-electron chi connectivity index (χ2n) is 7.59. The molecule has 0 N–H and O–H groups in total. The van der Waals surface area contributed by atoms with Crippen LogP contribution in [-0.4, -0.2) is 60.9 Å². The summed E-state index contributed by atoms with van der Waals surface area (Å²) in [6, 6.07) is 19.5. The summed E-state index contributed by atoms with van der Waals surface area (Å²) < 4.78 is 11.2. The second kappa shape index (κ2) is 10.1. The number of hydrogen-bond acceptors (Lipinski definition) is 6. The van der Waals surface area contributed by atoms with Gasteiger partial charge >= 0.3 is 0 Å². The van der Waals surface area contributed by atoms with E-state index in [1.165, 1.54) is 0 Å². The van der Waals surface area contributed by atoms with Gasteiger partial charge in [-0.15, -0.1) is 10.2 Å². The lowest BCUT2D eigenvalue weighted by Gasteiger charge is -2.35. The number of hydrogen-bond donors (Lipinski definition) is 0. The molecular weight excluding hydrogens is 404 g/mol. The Balaban J connectivity index is 1.32. The molecule has 7 nitrogen and oxygen atoms in total. The summed E-state index contributed by atoms with van der Waals surface area (Å²) in [5.74, 6) is 2.37. The summed E-state index contributed by atoms with van der Waals surface area (Å²) in [5.41, 5.74) is 2.79. The van der Waals surface area contributed by atoms with Crippen LogP contribution in [0.5, 0.6) is 11.5 Å². The van der Waals surface area contributed by atoms with Crippen LogP contribution in [0.1, 0.15) is 12.5 Å². The van der Waals surface area contributed by atoms with Crippen molar-refractivity contribution in [3.05, 3.63) is 66.2 Å². The van der Waals surface area contributed by atoms with Gasteiger partial charge in [0.25, 0.3) is 5.91 Å². The van der Waals surface area contributed by atoms with Gasteiger partial charge in [0.2, 0.25) is 0 Å². The van der Waals surface area contributed by atoms with Gasteiger partial charge in [0.1, 0.15) is 11.5 Å². The fraction of sp³-hybridized carbons (Fsp3) is 0.320. The van der Waals surface area contributed by atoms with Crippen LogP contribution in [-0.2, 0) is 11.2 Å². The molecule has 32 heavy (non-hydrogen) atoms. The summed E-state index contributed by atoms with van der Waals surface area (Å²) in [6.07, 6.45) is 0.875. The number of aromatic nitrogens is 2. The third-order valence-electron chi connectivity index (χ3n) is 5.69. The zero-order chi connectivity index (χ0) is 22.3. The molecule has 0 unspecified atom stereocenters. The fourth-order valence-corrected chi connectivity index (χ4v) is 3.85. The quantitative estimate of drug-likeness (QED) is 0.570. The zero-order valence-corrected chi connectivity index (χ0v) is 18.5. The largest absolute Gasteiger partial charge is 0.496 e. The van der Waals surface area contributed by atoms with Crippen LogP contribution in [0.25, 0.3) is 11.3 Å². The molecule has 1 aliphatic rings.